The number of ether oxygens (including phenoxy) is 1. The highest BCUT2D eigenvalue weighted by Crippen LogP contribution is 2.19. The van der Waals surface area contributed by atoms with Crippen molar-refractivity contribution in [2.24, 2.45) is 0 Å². The lowest BCUT2D eigenvalue weighted by molar-refractivity contribution is 0.0192. The Morgan fingerprint density at radius 2 is 1.72 bits per heavy atom. The zero-order valence-corrected chi connectivity index (χ0v) is 15.5. The largest absolute Gasteiger partial charge is 0.444 e. The van der Waals surface area contributed by atoms with Crippen molar-refractivity contribution in [2.45, 2.75) is 37.7 Å². The number of benzene rings is 1. The number of carbonyl (C=O) groups is 1. The number of carbonyl (C=O) groups excluding carboxylic acids is 1. The molecule has 0 radical (unpaired) electrons. The normalized spacial score (nSPS) is 16.3. The van der Waals surface area contributed by atoms with Crippen molar-refractivity contribution >= 4 is 16.1 Å². The lowest BCUT2D eigenvalue weighted by Crippen LogP contribution is -2.51. The van der Waals surface area contributed by atoms with Gasteiger partial charge >= 0.3 is 6.09 Å². The number of nitrogens with zero attached hydrogens (tertiary/aromatic N) is 3. The third kappa shape index (κ3) is 4.94. The van der Waals surface area contributed by atoms with Crippen molar-refractivity contribution in [3.8, 4) is 6.07 Å². The van der Waals surface area contributed by atoms with Crippen LogP contribution in [-0.2, 0) is 21.2 Å². The van der Waals surface area contributed by atoms with Gasteiger partial charge in [-0.2, -0.15) is 9.57 Å². The monoisotopic (exact) mass is 365 g/mol. The molecule has 2 rings (SSSR count). The molecule has 0 aliphatic carbocycles. The van der Waals surface area contributed by atoms with E-state index in [0.29, 0.717) is 13.1 Å². The predicted molar refractivity (Wildman–Crippen MR) is 92.3 cm³/mol. The van der Waals surface area contributed by atoms with Crippen LogP contribution < -0.4 is 0 Å². The summed E-state index contributed by atoms with van der Waals surface area (Å²) >= 11 is 0. The summed E-state index contributed by atoms with van der Waals surface area (Å²) in [7, 11) is -3.61. The van der Waals surface area contributed by atoms with Crippen molar-refractivity contribution in [3.05, 3.63) is 29.8 Å². The summed E-state index contributed by atoms with van der Waals surface area (Å²) < 4.78 is 32.1. The smallest absolute Gasteiger partial charge is 0.410 e. The first-order valence-electron chi connectivity index (χ1n) is 8.07. The highest BCUT2D eigenvalue weighted by molar-refractivity contribution is 7.89. The van der Waals surface area contributed by atoms with Crippen LogP contribution in [0.5, 0.6) is 0 Å². The summed E-state index contributed by atoms with van der Waals surface area (Å²) in [6, 6.07) is 8.35. The molecule has 8 heteroatoms. The van der Waals surface area contributed by atoms with Crippen LogP contribution in [0.1, 0.15) is 26.3 Å². The summed E-state index contributed by atoms with van der Waals surface area (Å²) in [5.74, 6) is 0. The Kier molecular flexibility index (Phi) is 5.70. The van der Waals surface area contributed by atoms with Gasteiger partial charge in [-0.1, -0.05) is 12.1 Å². The topological polar surface area (TPSA) is 90.7 Å². The van der Waals surface area contributed by atoms with Crippen LogP contribution in [0.2, 0.25) is 0 Å². The molecule has 1 amide bonds. The molecule has 1 fully saturated rings. The number of hydrogen-bond donors (Lipinski definition) is 0. The molecule has 7 nitrogen and oxygen atoms in total. The van der Waals surface area contributed by atoms with Gasteiger partial charge in [0, 0.05) is 26.2 Å². The van der Waals surface area contributed by atoms with Crippen LogP contribution in [-0.4, -0.2) is 55.5 Å². The predicted octanol–water partition coefficient (Wildman–Crippen LogP) is 1.99. The molecule has 0 N–H and O–H groups in total. The maximum Gasteiger partial charge on any atom is 0.410 e. The zero-order valence-electron chi connectivity index (χ0n) is 14.7. The van der Waals surface area contributed by atoms with E-state index in [-0.39, 0.29) is 24.4 Å². The second-order valence-electron chi connectivity index (χ2n) is 6.85. The summed E-state index contributed by atoms with van der Waals surface area (Å²) in [5, 5.41) is 8.67. The molecule has 0 bridgehead atoms. The van der Waals surface area contributed by atoms with Crippen LogP contribution in [0.4, 0.5) is 4.79 Å². The average molecular weight is 365 g/mol. The fourth-order valence-electron chi connectivity index (χ4n) is 2.46. The molecule has 1 aliphatic heterocycles. The molecular formula is C17H23N3O4S. The Balaban J connectivity index is 2.01. The van der Waals surface area contributed by atoms with Crippen molar-refractivity contribution in [3.63, 3.8) is 0 Å². The minimum Gasteiger partial charge on any atom is -0.444 e. The van der Waals surface area contributed by atoms with Gasteiger partial charge in [0.25, 0.3) is 0 Å². The van der Waals surface area contributed by atoms with Crippen LogP contribution in [0.25, 0.3) is 0 Å². The molecule has 136 valence electrons. The average Bonchev–Trinajstić information content (AvgIpc) is 2.54. The van der Waals surface area contributed by atoms with Gasteiger partial charge in [0.1, 0.15) is 5.60 Å². The zero-order chi connectivity index (χ0) is 18.7. The first-order chi connectivity index (χ1) is 11.6. The van der Waals surface area contributed by atoms with Crippen LogP contribution in [0.3, 0.4) is 0 Å². The third-order valence-corrected chi connectivity index (χ3v) is 5.65. The van der Waals surface area contributed by atoms with Crippen molar-refractivity contribution < 1.29 is 17.9 Å². The number of nitriles is 1. The van der Waals surface area contributed by atoms with Gasteiger partial charge in [-0.3, -0.25) is 0 Å². The molecule has 0 unspecified atom stereocenters. The Hall–Kier alpha value is -2.11. The van der Waals surface area contributed by atoms with Gasteiger partial charge in [-0.05, 0) is 38.5 Å². The second kappa shape index (κ2) is 7.42. The summed E-state index contributed by atoms with van der Waals surface area (Å²) in [5.41, 5.74) is 0.196. The van der Waals surface area contributed by atoms with E-state index in [0.717, 1.165) is 5.56 Å². The van der Waals surface area contributed by atoms with Gasteiger partial charge in [0.2, 0.25) is 10.0 Å². The Labute approximate surface area is 148 Å². The van der Waals surface area contributed by atoms with Crippen LogP contribution >= 0.6 is 0 Å². The molecule has 1 heterocycles. The summed E-state index contributed by atoms with van der Waals surface area (Å²) in [4.78, 5) is 13.8. The second-order valence-corrected chi connectivity index (χ2v) is 8.79. The van der Waals surface area contributed by atoms with Gasteiger partial charge in [0.05, 0.1) is 17.4 Å². The molecule has 0 aromatic heterocycles. The molecule has 1 aromatic rings. The van der Waals surface area contributed by atoms with E-state index >= 15 is 0 Å². The summed E-state index contributed by atoms with van der Waals surface area (Å²) in [6.07, 6.45) is -0.181. The van der Waals surface area contributed by atoms with Crippen molar-refractivity contribution in [2.75, 3.05) is 26.2 Å². The highest BCUT2D eigenvalue weighted by Gasteiger charge is 2.31. The first kappa shape index (κ1) is 19.2. The third-order valence-electron chi connectivity index (χ3n) is 3.73. The number of hydrogen-bond acceptors (Lipinski definition) is 5. The first-order valence-corrected chi connectivity index (χ1v) is 9.51. The maximum atomic E-state index is 12.7. The van der Waals surface area contributed by atoms with Crippen molar-refractivity contribution in [1.29, 1.82) is 5.26 Å². The van der Waals surface area contributed by atoms with E-state index in [1.54, 1.807) is 32.9 Å². The summed E-state index contributed by atoms with van der Waals surface area (Å²) in [6.45, 7) is 6.41. The molecular weight excluding hydrogens is 342 g/mol. The standard InChI is InChI=1S/C17H23N3O4S/c1-17(2,3)24-16(21)19-10-12-20(13-11-19)25(22,23)15-6-4-14(5-7-15)8-9-18/h4-7H,8,10-13H2,1-3H3. The van der Waals surface area contributed by atoms with Gasteiger partial charge in [-0.25, -0.2) is 13.2 Å². The molecule has 1 aromatic carbocycles. The number of piperazine rings is 1. The fraction of sp³-hybridized carbons (Fsp3) is 0.529. The van der Waals surface area contributed by atoms with Crippen LogP contribution in [0, 0.1) is 11.3 Å². The Bertz CT molecular complexity index is 753. The van der Waals surface area contributed by atoms with Gasteiger partial charge < -0.3 is 9.64 Å². The Morgan fingerprint density at radius 3 is 2.20 bits per heavy atom. The molecule has 0 atom stereocenters. The lowest BCUT2D eigenvalue weighted by atomic mass is 10.2. The molecule has 1 saturated heterocycles. The fourth-order valence-corrected chi connectivity index (χ4v) is 3.88. The number of sulfonamides is 1. The van der Waals surface area contributed by atoms with Gasteiger partial charge in [-0.15, -0.1) is 0 Å². The minimum absolute atomic E-state index is 0.194. The van der Waals surface area contributed by atoms with E-state index in [4.69, 9.17) is 10.00 Å². The number of amides is 1. The molecule has 25 heavy (non-hydrogen) atoms. The SMILES string of the molecule is CC(C)(C)OC(=O)N1CCN(S(=O)(=O)c2ccc(CC#N)cc2)CC1. The molecule has 0 spiro atoms. The van der Waals surface area contributed by atoms with Crippen LogP contribution in [0.15, 0.2) is 29.2 Å². The van der Waals surface area contributed by atoms with E-state index in [1.807, 2.05) is 6.07 Å². The van der Waals surface area contributed by atoms with Gasteiger partial charge in [0.15, 0.2) is 0 Å². The molecule has 0 saturated carbocycles. The van der Waals surface area contributed by atoms with E-state index in [9.17, 15) is 13.2 Å². The van der Waals surface area contributed by atoms with E-state index in [2.05, 4.69) is 0 Å². The highest BCUT2D eigenvalue weighted by atomic mass is 32.2. The van der Waals surface area contributed by atoms with E-state index < -0.39 is 21.7 Å². The maximum absolute atomic E-state index is 12.7. The quantitative estimate of drug-likeness (QED) is 0.817. The number of rotatable bonds is 3. The molecule has 1 aliphatic rings. The minimum atomic E-state index is -3.61. The van der Waals surface area contributed by atoms with Crippen molar-refractivity contribution in [1.82, 2.24) is 9.21 Å². The van der Waals surface area contributed by atoms with E-state index in [1.165, 1.54) is 21.3 Å². The Morgan fingerprint density at radius 1 is 1.16 bits per heavy atom. The lowest BCUT2D eigenvalue weighted by Gasteiger charge is -2.35.